The topological polar surface area (TPSA) is 58.6 Å². The molecule has 0 aliphatic rings. The Labute approximate surface area is 175 Å². The van der Waals surface area contributed by atoms with Crippen LogP contribution in [0, 0.1) is 6.92 Å². The number of hydrogen-bond acceptors (Lipinski definition) is 3. The second-order valence-corrected chi connectivity index (χ2v) is 7.28. The molecule has 0 spiro atoms. The summed E-state index contributed by atoms with van der Waals surface area (Å²) in [5, 5.41) is 14.8. The minimum absolute atomic E-state index is 0.271. The zero-order valence-electron chi connectivity index (χ0n) is 16.8. The third kappa shape index (κ3) is 4.44. The molecule has 0 aliphatic heterocycles. The third-order valence-electron chi connectivity index (χ3n) is 5.08. The van der Waals surface area contributed by atoms with Crippen molar-refractivity contribution in [3.05, 3.63) is 107 Å². The first-order chi connectivity index (χ1) is 14.6. The molecule has 0 aromatic heterocycles. The van der Waals surface area contributed by atoms with Gasteiger partial charge in [-0.25, -0.2) is 4.79 Å². The van der Waals surface area contributed by atoms with Crippen molar-refractivity contribution in [2.24, 2.45) is 0 Å². The highest BCUT2D eigenvalue weighted by Crippen LogP contribution is 2.30. The summed E-state index contributed by atoms with van der Waals surface area (Å²) in [6.07, 6.45) is 0. The molecule has 4 aromatic rings. The van der Waals surface area contributed by atoms with Crippen LogP contribution >= 0.6 is 0 Å². The van der Waals surface area contributed by atoms with E-state index in [2.05, 4.69) is 48.6 Å². The lowest BCUT2D eigenvalue weighted by atomic mass is 10.0. The van der Waals surface area contributed by atoms with Crippen molar-refractivity contribution in [1.82, 2.24) is 0 Å². The van der Waals surface area contributed by atoms with E-state index >= 15 is 0 Å². The van der Waals surface area contributed by atoms with Crippen molar-refractivity contribution < 1.29 is 14.6 Å². The Hall–Kier alpha value is -3.79. The molecule has 0 aliphatic carbocycles. The van der Waals surface area contributed by atoms with Crippen LogP contribution in [0.4, 0.5) is 5.69 Å². The van der Waals surface area contributed by atoms with Crippen LogP contribution in [-0.4, -0.2) is 11.1 Å². The van der Waals surface area contributed by atoms with Crippen molar-refractivity contribution in [2.45, 2.75) is 20.1 Å². The average molecular weight is 397 g/mol. The largest absolute Gasteiger partial charge is 0.489 e. The highest BCUT2D eigenvalue weighted by atomic mass is 16.5. The molecule has 0 fully saturated rings. The monoisotopic (exact) mass is 397 g/mol. The first-order valence-corrected chi connectivity index (χ1v) is 9.86. The Morgan fingerprint density at radius 2 is 1.73 bits per heavy atom. The molecular formula is C26H23NO3. The minimum atomic E-state index is -0.928. The Balaban J connectivity index is 1.59. The SMILES string of the molecule is Cc1cccc(COc2ccc3ccccc3c2CNc2ccc(C(=O)O)cc2)c1. The van der Waals surface area contributed by atoms with Crippen LogP contribution in [0.5, 0.6) is 5.75 Å². The number of aryl methyl sites for hydroxylation is 1. The van der Waals surface area contributed by atoms with E-state index in [9.17, 15) is 4.79 Å². The molecule has 30 heavy (non-hydrogen) atoms. The molecule has 4 aromatic carbocycles. The quantitative estimate of drug-likeness (QED) is 0.399. The smallest absolute Gasteiger partial charge is 0.335 e. The van der Waals surface area contributed by atoms with Crippen LogP contribution in [0.1, 0.15) is 27.0 Å². The molecule has 150 valence electrons. The zero-order valence-corrected chi connectivity index (χ0v) is 16.8. The first-order valence-electron chi connectivity index (χ1n) is 9.86. The third-order valence-corrected chi connectivity index (χ3v) is 5.08. The van der Waals surface area contributed by atoms with Gasteiger partial charge in [0.05, 0.1) is 5.56 Å². The van der Waals surface area contributed by atoms with Crippen LogP contribution in [0.25, 0.3) is 10.8 Å². The normalized spacial score (nSPS) is 10.7. The Kier molecular flexibility index (Phi) is 5.66. The maximum atomic E-state index is 11.1. The number of rotatable bonds is 7. The molecule has 2 N–H and O–H groups in total. The molecular weight excluding hydrogens is 374 g/mol. The fourth-order valence-corrected chi connectivity index (χ4v) is 3.52. The van der Waals surface area contributed by atoms with Crippen molar-refractivity contribution in [1.29, 1.82) is 0 Å². The Morgan fingerprint density at radius 3 is 2.50 bits per heavy atom. The van der Waals surface area contributed by atoms with Gasteiger partial charge in [0, 0.05) is 17.8 Å². The Morgan fingerprint density at radius 1 is 0.933 bits per heavy atom. The summed E-state index contributed by atoms with van der Waals surface area (Å²) in [7, 11) is 0. The highest BCUT2D eigenvalue weighted by Gasteiger charge is 2.10. The van der Waals surface area contributed by atoms with Gasteiger partial charge in [-0.15, -0.1) is 0 Å². The molecule has 0 radical (unpaired) electrons. The maximum Gasteiger partial charge on any atom is 0.335 e. The number of nitrogens with one attached hydrogen (secondary N) is 1. The number of ether oxygens (including phenoxy) is 1. The molecule has 0 unspecified atom stereocenters. The van der Waals surface area contributed by atoms with Gasteiger partial charge in [-0.3, -0.25) is 0 Å². The Bertz CT molecular complexity index is 1180. The number of fused-ring (bicyclic) bond motifs is 1. The highest BCUT2D eigenvalue weighted by molar-refractivity contribution is 5.89. The van der Waals surface area contributed by atoms with E-state index in [4.69, 9.17) is 9.84 Å². The van der Waals surface area contributed by atoms with Crippen LogP contribution in [-0.2, 0) is 13.2 Å². The number of benzene rings is 4. The molecule has 0 saturated heterocycles. The molecule has 4 rings (SSSR count). The van der Waals surface area contributed by atoms with Crippen LogP contribution < -0.4 is 10.1 Å². The van der Waals surface area contributed by atoms with Gasteiger partial charge >= 0.3 is 5.97 Å². The standard InChI is InChI=1S/C26H23NO3/c1-18-5-4-6-19(15-18)17-30-25-14-11-20-7-2-3-8-23(20)24(25)16-27-22-12-9-21(10-13-22)26(28)29/h2-15,27H,16-17H2,1H3,(H,28,29). The second kappa shape index (κ2) is 8.70. The van der Waals surface area contributed by atoms with Gasteiger partial charge in [0.25, 0.3) is 0 Å². The zero-order chi connectivity index (χ0) is 20.9. The lowest BCUT2D eigenvalue weighted by Crippen LogP contribution is -2.05. The predicted octanol–water partition coefficient (Wildman–Crippen LogP) is 6.04. The molecule has 0 amide bonds. The van der Waals surface area contributed by atoms with E-state index < -0.39 is 5.97 Å². The van der Waals surface area contributed by atoms with Crippen LogP contribution in [0.2, 0.25) is 0 Å². The van der Waals surface area contributed by atoms with E-state index in [1.807, 2.05) is 24.3 Å². The molecule has 4 nitrogen and oxygen atoms in total. The number of hydrogen-bond donors (Lipinski definition) is 2. The van der Waals surface area contributed by atoms with Gasteiger partial charge in [-0.1, -0.05) is 60.2 Å². The molecule has 4 heteroatoms. The maximum absolute atomic E-state index is 11.1. The van der Waals surface area contributed by atoms with Crippen LogP contribution in [0.15, 0.2) is 84.9 Å². The van der Waals surface area contributed by atoms with Gasteiger partial charge in [-0.05, 0) is 53.6 Å². The van der Waals surface area contributed by atoms with Gasteiger partial charge in [-0.2, -0.15) is 0 Å². The number of carbonyl (C=O) groups is 1. The number of anilines is 1. The average Bonchev–Trinajstić information content (AvgIpc) is 2.76. The number of carboxylic acid groups (broad SMARTS) is 1. The predicted molar refractivity (Wildman–Crippen MR) is 120 cm³/mol. The lowest BCUT2D eigenvalue weighted by molar-refractivity contribution is 0.0697. The summed E-state index contributed by atoms with van der Waals surface area (Å²) in [5.41, 5.74) is 4.54. The summed E-state index contributed by atoms with van der Waals surface area (Å²) in [4.78, 5) is 11.1. The van der Waals surface area contributed by atoms with Crippen molar-refractivity contribution >= 4 is 22.4 Å². The summed E-state index contributed by atoms with van der Waals surface area (Å²) >= 11 is 0. The van der Waals surface area contributed by atoms with E-state index in [0.717, 1.165) is 33.3 Å². The first kappa shape index (κ1) is 19.5. The summed E-state index contributed by atoms with van der Waals surface area (Å²) in [6, 6.07) is 27.4. The number of carboxylic acids is 1. The fourth-order valence-electron chi connectivity index (χ4n) is 3.52. The minimum Gasteiger partial charge on any atom is -0.489 e. The molecule has 0 bridgehead atoms. The van der Waals surface area contributed by atoms with E-state index in [-0.39, 0.29) is 5.56 Å². The summed E-state index contributed by atoms with van der Waals surface area (Å²) in [5.74, 6) is -0.0905. The van der Waals surface area contributed by atoms with Crippen molar-refractivity contribution in [3.63, 3.8) is 0 Å². The van der Waals surface area contributed by atoms with Crippen molar-refractivity contribution in [2.75, 3.05) is 5.32 Å². The number of aromatic carboxylic acids is 1. The molecule has 0 heterocycles. The van der Waals surface area contributed by atoms with Crippen LogP contribution in [0.3, 0.4) is 0 Å². The van der Waals surface area contributed by atoms with Gasteiger partial charge in [0.15, 0.2) is 0 Å². The van der Waals surface area contributed by atoms with E-state index in [1.54, 1.807) is 24.3 Å². The summed E-state index contributed by atoms with van der Waals surface area (Å²) < 4.78 is 6.21. The van der Waals surface area contributed by atoms with Gasteiger partial charge in [0.1, 0.15) is 12.4 Å². The van der Waals surface area contributed by atoms with Crippen molar-refractivity contribution in [3.8, 4) is 5.75 Å². The molecule has 0 atom stereocenters. The van der Waals surface area contributed by atoms with E-state index in [0.29, 0.717) is 13.2 Å². The lowest BCUT2D eigenvalue weighted by Gasteiger charge is -2.16. The second-order valence-electron chi connectivity index (χ2n) is 7.28. The van der Waals surface area contributed by atoms with Gasteiger partial charge < -0.3 is 15.2 Å². The summed E-state index contributed by atoms with van der Waals surface area (Å²) in [6.45, 7) is 3.14. The molecule has 0 saturated carbocycles. The fraction of sp³-hybridized carbons (Fsp3) is 0.115. The van der Waals surface area contributed by atoms with E-state index in [1.165, 1.54) is 5.56 Å². The van der Waals surface area contributed by atoms with Gasteiger partial charge in [0.2, 0.25) is 0 Å².